The number of benzene rings is 2. The van der Waals surface area contributed by atoms with E-state index in [0.29, 0.717) is 27.5 Å². The molecule has 1 heterocycles. The first-order valence-corrected chi connectivity index (χ1v) is 7.25. The third-order valence-corrected chi connectivity index (χ3v) is 3.93. The van der Waals surface area contributed by atoms with E-state index in [0.717, 1.165) is 22.9 Å². The molecule has 0 aliphatic rings. The molecule has 21 heavy (non-hydrogen) atoms. The number of nitrogen functional groups attached to an aromatic ring is 1. The maximum absolute atomic E-state index is 11.4. The van der Waals surface area contributed by atoms with Crippen molar-refractivity contribution in [3.05, 3.63) is 40.9 Å². The summed E-state index contributed by atoms with van der Waals surface area (Å²) in [6.07, 6.45) is 0. The third kappa shape index (κ3) is 2.55. The van der Waals surface area contributed by atoms with Crippen molar-refractivity contribution in [1.82, 2.24) is 8.75 Å². The molecule has 0 amide bonds. The Morgan fingerprint density at radius 1 is 1.29 bits per heavy atom. The highest BCUT2D eigenvalue weighted by Gasteiger charge is 2.11. The summed E-state index contributed by atoms with van der Waals surface area (Å²) in [5, 5.41) is 3.73. The molecule has 0 bridgehead atoms. The molecule has 0 aliphatic heterocycles. The van der Waals surface area contributed by atoms with Gasteiger partial charge in [0, 0.05) is 16.9 Å². The molecule has 0 spiro atoms. The van der Waals surface area contributed by atoms with Crippen LogP contribution in [0.2, 0.25) is 5.02 Å². The van der Waals surface area contributed by atoms with Gasteiger partial charge in [0.1, 0.15) is 11.0 Å². The average Bonchev–Trinajstić information content (AvgIpc) is 2.90. The molecular formula is C14H11ClN4OS. The maximum atomic E-state index is 11.4. The van der Waals surface area contributed by atoms with Crippen LogP contribution in [0.15, 0.2) is 30.3 Å². The Labute approximate surface area is 130 Å². The van der Waals surface area contributed by atoms with Gasteiger partial charge in [0.05, 0.1) is 22.4 Å². The van der Waals surface area contributed by atoms with Gasteiger partial charge in [-0.15, -0.1) is 0 Å². The number of hydrogen-bond donors (Lipinski definition) is 2. The predicted octanol–water partition coefficient (Wildman–Crippen LogP) is 3.87. The molecule has 0 saturated carbocycles. The van der Waals surface area contributed by atoms with Crippen molar-refractivity contribution in [2.75, 3.05) is 11.1 Å². The zero-order valence-corrected chi connectivity index (χ0v) is 12.6. The van der Waals surface area contributed by atoms with Gasteiger partial charge in [-0.25, -0.2) is 0 Å². The lowest BCUT2D eigenvalue weighted by Gasteiger charge is -2.10. The number of rotatable bonds is 3. The number of nitrogens with one attached hydrogen (secondary N) is 1. The minimum Gasteiger partial charge on any atom is -0.398 e. The van der Waals surface area contributed by atoms with Crippen molar-refractivity contribution < 1.29 is 4.79 Å². The minimum absolute atomic E-state index is 0.0668. The van der Waals surface area contributed by atoms with Gasteiger partial charge in [-0.1, -0.05) is 11.6 Å². The summed E-state index contributed by atoms with van der Waals surface area (Å²) in [4.78, 5) is 11.4. The molecule has 0 unspecified atom stereocenters. The molecule has 0 radical (unpaired) electrons. The van der Waals surface area contributed by atoms with E-state index in [4.69, 9.17) is 17.3 Å². The van der Waals surface area contributed by atoms with Crippen LogP contribution < -0.4 is 11.1 Å². The SMILES string of the molecule is CC(=O)c1ccc(Nc2c(Cl)ccc3nsnc23)cc1N. The molecule has 3 N–H and O–H groups in total. The summed E-state index contributed by atoms with van der Waals surface area (Å²) in [5.74, 6) is -0.0668. The van der Waals surface area contributed by atoms with Crippen LogP contribution in [0.25, 0.3) is 11.0 Å². The Kier molecular flexibility index (Phi) is 3.48. The van der Waals surface area contributed by atoms with E-state index in [1.807, 2.05) is 6.07 Å². The molecule has 3 aromatic rings. The second kappa shape index (κ2) is 5.31. The van der Waals surface area contributed by atoms with Crippen LogP contribution in [0.1, 0.15) is 17.3 Å². The van der Waals surface area contributed by atoms with Crippen LogP contribution >= 0.6 is 23.3 Å². The van der Waals surface area contributed by atoms with E-state index in [2.05, 4.69) is 14.1 Å². The van der Waals surface area contributed by atoms with Crippen LogP contribution in [0.4, 0.5) is 17.1 Å². The van der Waals surface area contributed by atoms with E-state index in [1.165, 1.54) is 6.92 Å². The lowest BCUT2D eigenvalue weighted by atomic mass is 10.1. The number of nitrogens with two attached hydrogens (primary N) is 1. The number of ketones is 1. The molecule has 0 saturated heterocycles. The van der Waals surface area contributed by atoms with E-state index < -0.39 is 0 Å². The second-order valence-corrected chi connectivity index (χ2v) is 5.47. The topological polar surface area (TPSA) is 80.9 Å². The van der Waals surface area contributed by atoms with Gasteiger partial charge in [-0.2, -0.15) is 8.75 Å². The van der Waals surface area contributed by atoms with Crippen LogP contribution in [0, 0.1) is 0 Å². The molecule has 2 aromatic carbocycles. The normalized spacial score (nSPS) is 10.8. The highest BCUT2D eigenvalue weighted by atomic mass is 35.5. The first-order chi connectivity index (χ1) is 10.1. The van der Waals surface area contributed by atoms with E-state index in [9.17, 15) is 4.79 Å². The van der Waals surface area contributed by atoms with Crippen LogP contribution in [-0.2, 0) is 0 Å². The highest BCUT2D eigenvalue weighted by Crippen LogP contribution is 2.33. The molecule has 0 fully saturated rings. The molecule has 0 atom stereocenters. The lowest BCUT2D eigenvalue weighted by Crippen LogP contribution is -2.01. The maximum Gasteiger partial charge on any atom is 0.161 e. The van der Waals surface area contributed by atoms with Crippen molar-refractivity contribution in [2.24, 2.45) is 0 Å². The van der Waals surface area contributed by atoms with Gasteiger partial charge in [0.15, 0.2) is 5.78 Å². The first kappa shape index (κ1) is 13.8. The van der Waals surface area contributed by atoms with Crippen molar-refractivity contribution in [2.45, 2.75) is 6.92 Å². The Balaban J connectivity index is 2.03. The summed E-state index contributed by atoms with van der Waals surface area (Å²) in [5.41, 5.74) is 9.71. The number of fused-ring (bicyclic) bond motifs is 1. The van der Waals surface area contributed by atoms with Gasteiger partial charge in [0.25, 0.3) is 0 Å². The predicted molar refractivity (Wildman–Crippen MR) is 86.6 cm³/mol. The van der Waals surface area contributed by atoms with Gasteiger partial charge >= 0.3 is 0 Å². The fourth-order valence-corrected chi connectivity index (χ4v) is 2.79. The molecule has 0 aliphatic carbocycles. The summed E-state index contributed by atoms with van der Waals surface area (Å²) < 4.78 is 8.42. The summed E-state index contributed by atoms with van der Waals surface area (Å²) in [6, 6.07) is 8.75. The quantitative estimate of drug-likeness (QED) is 0.566. The summed E-state index contributed by atoms with van der Waals surface area (Å²) in [6.45, 7) is 1.48. The zero-order chi connectivity index (χ0) is 15.0. The number of aromatic nitrogens is 2. The third-order valence-electron chi connectivity index (χ3n) is 3.08. The second-order valence-electron chi connectivity index (χ2n) is 4.54. The molecule has 1 aromatic heterocycles. The lowest BCUT2D eigenvalue weighted by molar-refractivity contribution is 0.101. The number of nitrogens with zero attached hydrogens (tertiary/aromatic N) is 2. The van der Waals surface area contributed by atoms with E-state index in [1.54, 1.807) is 24.3 Å². The van der Waals surface area contributed by atoms with Gasteiger partial charge < -0.3 is 11.1 Å². The largest absolute Gasteiger partial charge is 0.398 e. The number of halogens is 1. The molecule has 5 nitrogen and oxygen atoms in total. The number of carbonyl (C=O) groups excluding carboxylic acids is 1. The monoisotopic (exact) mass is 318 g/mol. The molecule has 106 valence electrons. The molecule has 3 rings (SSSR count). The Hall–Kier alpha value is -2.18. The number of carbonyl (C=O) groups is 1. The smallest absolute Gasteiger partial charge is 0.161 e. The number of Topliss-reactive ketones (excluding diaryl/α,β-unsaturated/α-hetero) is 1. The summed E-state index contributed by atoms with van der Waals surface area (Å²) in [7, 11) is 0. The highest BCUT2D eigenvalue weighted by molar-refractivity contribution is 7.00. The van der Waals surface area contributed by atoms with Crippen molar-refractivity contribution >= 4 is 57.2 Å². The fraction of sp³-hybridized carbons (Fsp3) is 0.0714. The van der Waals surface area contributed by atoms with Crippen LogP contribution in [0.5, 0.6) is 0 Å². The van der Waals surface area contributed by atoms with E-state index in [-0.39, 0.29) is 5.78 Å². The zero-order valence-electron chi connectivity index (χ0n) is 11.1. The van der Waals surface area contributed by atoms with Crippen molar-refractivity contribution in [1.29, 1.82) is 0 Å². The van der Waals surface area contributed by atoms with Crippen LogP contribution in [-0.4, -0.2) is 14.5 Å². The van der Waals surface area contributed by atoms with Gasteiger partial charge in [-0.3, -0.25) is 4.79 Å². The van der Waals surface area contributed by atoms with Gasteiger partial charge in [0.2, 0.25) is 0 Å². The first-order valence-electron chi connectivity index (χ1n) is 6.14. The Morgan fingerprint density at radius 2 is 2.10 bits per heavy atom. The molecular weight excluding hydrogens is 308 g/mol. The van der Waals surface area contributed by atoms with Gasteiger partial charge in [-0.05, 0) is 37.3 Å². The standard InChI is InChI=1S/C14H11ClN4OS/c1-7(20)9-3-2-8(6-11(9)16)17-13-10(15)4-5-12-14(13)19-21-18-12/h2-6,17H,16H2,1H3. The summed E-state index contributed by atoms with van der Waals surface area (Å²) >= 11 is 7.35. The molecule has 7 heteroatoms. The van der Waals surface area contributed by atoms with Crippen molar-refractivity contribution in [3.63, 3.8) is 0 Å². The average molecular weight is 319 g/mol. The van der Waals surface area contributed by atoms with E-state index >= 15 is 0 Å². The number of hydrogen-bond acceptors (Lipinski definition) is 6. The minimum atomic E-state index is -0.0668. The van der Waals surface area contributed by atoms with Crippen LogP contribution in [0.3, 0.4) is 0 Å². The number of anilines is 3. The van der Waals surface area contributed by atoms with Crippen molar-refractivity contribution in [3.8, 4) is 0 Å². The Morgan fingerprint density at radius 3 is 2.81 bits per heavy atom. The fourth-order valence-electron chi connectivity index (χ4n) is 2.05. The Bertz CT molecular complexity index is 846.